The third kappa shape index (κ3) is 2.34. The Bertz CT molecular complexity index is 575. The Morgan fingerprint density at radius 2 is 2.06 bits per heavy atom. The molecule has 0 aliphatic carbocycles. The summed E-state index contributed by atoms with van der Waals surface area (Å²) in [6.07, 6.45) is 2.07. The fraction of sp³-hybridized carbons (Fsp3) is 0.231. The van der Waals surface area contributed by atoms with Gasteiger partial charge in [0.15, 0.2) is 0 Å². The van der Waals surface area contributed by atoms with Gasteiger partial charge in [-0.15, -0.1) is 0 Å². The molecule has 1 aromatic heterocycles. The molecule has 5 nitrogen and oxygen atoms in total. The van der Waals surface area contributed by atoms with Crippen molar-refractivity contribution in [1.29, 1.82) is 0 Å². The number of carboxylic acid groups (broad SMARTS) is 1. The van der Waals surface area contributed by atoms with Crippen molar-refractivity contribution in [3.63, 3.8) is 0 Å². The molecule has 2 N–H and O–H groups in total. The van der Waals surface area contributed by atoms with Crippen LogP contribution in [0.5, 0.6) is 5.75 Å². The first-order valence-electron chi connectivity index (χ1n) is 5.60. The first kappa shape index (κ1) is 12.2. The molecule has 18 heavy (non-hydrogen) atoms. The second-order valence-electron chi connectivity index (χ2n) is 4.04. The van der Waals surface area contributed by atoms with Crippen LogP contribution in [0, 0.1) is 0 Å². The van der Waals surface area contributed by atoms with Crippen LogP contribution in [0.4, 0.5) is 0 Å². The maximum atomic E-state index is 10.6. The fourth-order valence-corrected chi connectivity index (χ4v) is 1.91. The average Bonchev–Trinajstić information content (AvgIpc) is 2.68. The van der Waals surface area contributed by atoms with Gasteiger partial charge in [0.05, 0.1) is 12.6 Å². The molecule has 0 fully saturated rings. The third-order valence-corrected chi connectivity index (χ3v) is 2.83. The molecular formula is C13H14N2O3. The molecule has 1 heterocycles. The van der Waals surface area contributed by atoms with Crippen molar-refractivity contribution in [1.82, 2.24) is 9.78 Å². The van der Waals surface area contributed by atoms with E-state index < -0.39 is 5.97 Å². The molecule has 0 unspecified atom stereocenters. The van der Waals surface area contributed by atoms with Gasteiger partial charge in [0, 0.05) is 30.3 Å². The van der Waals surface area contributed by atoms with E-state index in [4.69, 9.17) is 5.11 Å². The lowest BCUT2D eigenvalue weighted by molar-refractivity contribution is -0.136. The van der Waals surface area contributed by atoms with Crippen LogP contribution >= 0.6 is 0 Å². The summed E-state index contributed by atoms with van der Waals surface area (Å²) in [4.78, 5) is 10.6. The lowest BCUT2D eigenvalue weighted by atomic mass is 10.0. The third-order valence-electron chi connectivity index (χ3n) is 2.83. The monoisotopic (exact) mass is 246 g/mol. The molecule has 0 saturated carbocycles. The van der Waals surface area contributed by atoms with Crippen LogP contribution in [0.3, 0.4) is 0 Å². The van der Waals surface area contributed by atoms with Gasteiger partial charge in [-0.1, -0.05) is 18.2 Å². The maximum Gasteiger partial charge on any atom is 0.303 e. The SMILES string of the molecule is Cn1ncc(-c2ccccc2O)c1CCC(=O)O. The van der Waals surface area contributed by atoms with Gasteiger partial charge in [0.1, 0.15) is 5.75 Å². The molecule has 1 aromatic carbocycles. The van der Waals surface area contributed by atoms with Crippen molar-refractivity contribution in [2.75, 3.05) is 0 Å². The summed E-state index contributed by atoms with van der Waals surface area (Å²) in [5.74, 6) is -0.679. The number of hydrogen-bond donors (Lipinski definition) is 2. The number of aromatic hydroxyl groups is 1. The Balaban J connectivity index is 2.40. The van der Waals surface area contributed by atoms with Crippen LogP contribution in [0.1, 0.15) is 12.1 Å². The van der Waals surface area contributed by atoms with Crippen LogP contribution in [0.15, 0.2) is 30.5 Å². The van der Waals surface area contributed by atoms with Crippen LogP contribution in [0.2, 0.25) is 0 Å². The molecular weight excluding hydrogens is 232 g/mol. The van der Waals surface area contributed by atoms with E-state index in [1.54, 1.807) is 36.1 Å². The van der Waals surface area contributed by atoms with Crippen LogP contribution in [0.25, 0.3) is 11.1 Å². The first-order chi connectivity index (χ1) is 8.59. The number of phenolic OH excluding ortho intramolecular Hbond substituents is 1. The van der Waals surface area contributed by atoms with Gasteiger partial charge in [-0.25, -0.2) is 0 Å². The van der Waals surface area contributed by atoms with Gasteiger partial charge in [-0.2, -0.15) is 5.10 Å². The van der Waals surface area contributed by atoms with Crippen LogP contribution in [-0.2, 0) is 18.3 Å². The number of aryl methyl sites for hydroxylation is 1. The fourth-order valence-electron chi connectivity index (χ4n) is 1.91. The molecule has 2 aromatic rings. The Kier molecular flexibility index (Phi) is 3.32. The molecule has 0 amide bonds. The number of nitrogens with zero attached hydrogens (tertiary/aromatic N) is 2. The minimum absolute atomic E-state index is 0.0418. The van der Waals surface area contributed by atoms with E-state index in [0.717, 1.165) is 11.3 Å². The molecule has 5 heteroatoms. The molecule has 2 rings (SSSR count). The second-order valence-corrected chi connectivity index (χ2v) is 4.04. The minimum Gasteiger partial charge on any atom is -0.507 e. The van der Waals surface area contributed by atoms with Gasteiger partial charge in [0.2, 0.25) is 0 Å². The van der Waals surface area contributed by atoms with Crippen LogP contribution in [-0.4, -0.2) is 26.0 Å². The van der Waals surface area contributed by atoms with Gasteiger partial charge >= 0.3 is 5.97 Å². The minimum atomic E-state index is -0.848. The van der Waals surface area contributed by atoms with E-state index in [1.165, 1.54) is 0 Å². The van der Waals surface area contributed by atoms with Crippen molar-refractivity contribution >= 4 is 5.97 Å². The lowest BCUT2D eigenvalue weighted by Gasteiger charge is -2.06. The Labute approximate surface area is 104 Å². The van der Waals surface area contributed by atoms with E-state index in [9.17, 15) is 9.90 Å². The Hall–Kier alpha value is -2.30. The normalized spacial score (nSPS) is 10.5. The predicted octanol–water partition coefficient (Wildman–Crippen LogP) is 1.81. The van der Waals surface area contributed by atoms with Crippen molar-refractivity contribution in [3.8, 4) is 16.9 Å². The predicted molar refractivity (Wildman–Crippen MR) is 66.3 cm³/mol. The topological polar surface area (TPSA) is 75.3 Å². The highest BCUT2D eigenvalue weighted by Gasteiger charge is 2.14. The zero-order valence-corrected chi connectivity index (χ0v) is 10.00. The summed E-state index contributed by atoms with van der Waals surface area (Å²) in [5, 5.41) is 22.7. The quantitative estimate of drug-likeness (QED) is 0.862. The molecule has 0 bridgehead atoms. The Morgan fingerprint density at radius 1 is 1.33 bits per heavy atom. The molecule has 0 saturated heterocycles. The number of aliphatic carboxylic acids is 1. The largest absolute Gasteiger partial charge is 0.507 e. The summed E-state index contributed by atoms with van der Waals surface area (Å²) in [6.45, 7) is 0. The summed E-state index contributed by atoms with van der Waals surface area (Å²) >= 11 is 0. The highest BCUT2D eigenvalue weighted by Crippen LogP contribution is 2.31. The summed E-state index contributed by atoms with van der Waals surface area (Å²) in [6, 6.07) is 6.95. The number of carboxylic acids is 1. The molecule has 0 spiro atoms. The van der Waals surface area contributed by atoms with E-state index in [2.05, 4.69) is 5.10 Å². The number of benzene rings is 1. The van der Waals surface area contributed by atoms with E-state index in [1.807, 2.05) is 6.07 Å². The highest BCUT2D eigenvalue weighted by atomic mass is 16.4. The lowest BCUT2D eigenvalue weighted by Crippen LogP contribution is -2.04. The summed E-state index contributed by atoms with van der Waals surface area (Å²) < 4.78 is 1.64. The van der Waals surface area contributed by atoms with Crippen LogP contribution < -0.4 is 0 Å². The van der Waals surface area contributed by atoms with Gasteiger partial charge in [-0.3, -0.25) is 9.48 Å². The number of aromatic nitrogens is 2. The summed E-state index contributed by atoms with van der Waals surface area (Å²) in [7, 11) is 1.76. The first-order valence-corrected chi connectivity index (χ1v) is 5.60. The molecule has 0 atom stereocenters. The van der Waals surface area contributed by atoms with E-state index in [-0.39, 0.29) is 12.2 Å². The number of para-hydroxylation sites is 1. The second kappa shape index (κ2) is 4.91. The van der Waals surface area contributed by atoms with Crippen molar-refractivity contribution in [2.24, 2.45) is 7.05 Å². The molecule has 0 aliphatic heterocycles. The standard InChI is InChI=1S/C13H14N2O3/c1-15-11(6-7-13(17)18)10(8-14-15)9-4-2-3-5-12(9)16/h2-5,8,16H,6-7H2,1H3,(H,17,18). The van der Waals surface area contributed by atoms with Crippen molar-refractivity contribution in [2.45, 2.75) is 12.8 Å². The Morgan fingerprint density at radius 3 is 2.72 bits per heavy atom. The molecule has 0 radical (unpaired) electrons. The van der Waals surface area contributed by atoms with E-state index in [0.29, 0.717) is 12.0 Å². The van der Waals surface area contributed by atoms with Gasteiger partial charge in [-0.05, 0) is 6.07 Å². The summed E-state index contributed by atoms with van der Waals surface area (Å²) in [5.41, 5.74) is 2.25. The number of carbonyl (C=O) groups is 1. The maximum absolute atomic E-state index is 10.6. The zero-order chi connectivity index (χ0) is 13.1. The molecule has 94 valence electrons. The van der Waals surface area contributed by atoms with Crippen molar-refractivity contribution in [3.05, 3.63) is 36.2 Å². The number of hydrogen-bond acceptors (Lipinski definition) is 3. The molecule has 0 aliphatic rings. The van der Waals surface area contributed by atoms with Gasteiger partial charge < -0.3 is 10.2 Å². The van der Waals surface area contributed by atoms with Crippen molar-refractivity contribution < 1.29 is 15.0 Å². The average molecular weight is 246 g/mol. The number of phenols is 1. The number of rotatable bonds is 4. The van der Waals surface area contributed by atoms with E-state index >= 15 is 0 Å². The highest BCUT2D eigenvalue weighted by molar-refractivity contribution is 5.73. The smallest absolute Gasteiger partial charge is 0.303 e. The zero-order valence-electron chi connectivity index (χ0n) is 10.00. The van der Waals surface area contributed by atoms with Gasteiger partial charge in [0.25, 0.3) is 0 Å².